The van der Waals surface area contributed by atoms with E-state index in [2.05, 4.69) is 25.8 Å². The first-order valence-electron chi connectivity index (χ1n) is 7.12. The summed E-state index contributed by atoms with van der Waals surface area (Å²) < 4.78 is 43.1. The molecule has 0 saturated heterocycles. The van der Waals surface area contributed by atoms with Gasteiger partial charge in [-0.15, -0.1) is 0 Å². The molecule has 8 nitrogen and oxygen atoms in total. The molecule has 0 bridgehead atoms. The number of pyridine rings is 1. The number of aromatic nitrogens is 3. The number of anilines is 1. The van der Waals surface area contributed by atoms with Crippen molar-refractivity contribution in [2.24, 2.45) is 0 Å². The predicted octanol–water partition coefficient (Wildman–Crippen LogP) is 3.13. The first kappa shape index (κ1) is 20.6. The van der Waals surface area contributed by atoms with Gasteiger partial charge >= 0.3 is 12.1 Å². The molecule has 0 atom stereocenters. The number of ether oxygens (including phenoxy) is 1. The van der Waals surface area contributed by atoms with Crippen LogP contribution in [0.25, 0.3) is 0 Å². The molecule has 0 aliphatic heterocycles. The van der Waals surface area contributed by atoms with Gasteiger partial charge in [-0.2, -0.15) is 13.2 Å². The fourth-order valence-corrected chi connectivity index (χ4v) is 2.22. The highest BCUT2D eigenvalue weighted by Gasteiger charge is 2.36. The Balaban J connectivity index is 2.29. The number of hydrazine groups is 1. The maximum Gasteiger partial charge on any atom is 0.451 e. The number of alkyl halides is 3. The molecule has 2 heterocycles. The summed E-state index contributed by atoms with van der Waals surface area (Å²) in [6, 6.07) is 2.36. The molecule has 13 heteroatoms. The van der Waals surface area contributed by atoms with Crippen LogP contribution in [0.5, 0.6) is 0 Å². The van der Waals surface area contributed by atoms with Crippen LogP contribution in [-0.2, 0) is 10.9 Å². The maximum atomic E-state index is 12.8. The minimum Gasteiger partial charge on any atom is -0.462 e. The van der Waals surface area contributed by atoms with Gasteiger partial charge in [0.05, 0.1) is 6.61 Å². The second-order valence-corrected chi connectivity index (χ2v) is 5.53. The van der Waals surface area contributed by atoms with Gasteiger partial charge in [-0.3, -0.25) is 15.6 Å². The van der Waals surface area contributed by atoms with Crippen molar-refractivity contribution in [1.29, 1.82) is 0 Å². The summed E-state index contributed by atoms with van der Waals surface area (Å²) in [6.07, 6.45) is -4.22. The number of nitrogens with one attached hydrogen (secondary N) is 2. The summed E-state index contributed by atoms with van der Waals surface area (Å²) in [5.74, 6) is -3.90. The average Bonchev–Trinajstić information content (AvgIpc) is 2.58. The van der Waals surface area contributed by atoms with Gasteiger partial charge in [0, 0.05) is 11.8 Å². The van der Waals surface area contributed by atoms with Crippen LogP contribution < -0.4 is 10.9 Å². The van der Waals surface area contributed by atoms with E-state index in [1.165, 1.54) is 19.1 Å². The molecule has 0 aliphatic carbocycles. The highest BCUT2D eigenvalue weighted by atomic mass is 35.5. The van der Waals surface area contributed by atoms with Crippen LogP contribution in [-0.4, -0.2) is 33.4 Å². The number of esters is 1. The van der Waals surface area contributed by atoms with Crippen molar-refractivity contribution in [3.63, 3.8) is 0 Å². The van der Waals surface area contributed by atoms with E-state index in [0.717, 1.165) is 0 Å². The highest BCUT2D eigenvalue weighted by Crippen LogP contribution is 2.27. The molecule has 2 N–H and O–H groups in total. The van der Waals surface area contributed by atoms with E-state index in [0.29, 0.717) is 6.20 Å². The molecule has 2 rings (SSSR count). The van der Waals surface area contributed by atoms with Gasteiger partial charge in [-0.1, -0.05) is 23.2 Å². The van der Waals surface area contributed by atoms with E-state index in [-0.39, 0.29) is 22.5 Å². The van der Waals surface area contributed by atoms with Crippen LogP contribution in [0.15, 0.2) is 18.3 Å². The second-order valence-electron chi connectivity index (χ2n) is 4.75. The van der Waals surface area contributed by atoms with Crippen LogP contribution in [0.2, 0.25) is 10.3 Å². The minimum atomic E-state index is -4.86. The Morgan fingerprint density at radius 3 is 2.37 bits per heavy atom. The SMILES string of the molecule is CCOC(=O)c1cnc(C(F)(F)F)nc1NNC(=O)c1cc(Cl)nc(Cl)c1. The van der Waals surface area contributed by atoms with Crippen LogP contribution in [0.4, 0.5) is 19.0 Å². The molecule has 27 heavy (non-hydrogen) atoms. The van der Waals surface area contributed by atoms with Gasteiger partial charge in [0.2, 0.25) is 5.82 Å². The first-order chi connectivity index (χ1) is 12.6. The Morgan fingerprint density at radius 1 is 1.19 bits per heavy atom. The Labute approximate surface area is 160 Å². The normalized spacial score (nSPS) is 11.0. The van der Waals surface area contributed by atoms with Gasteiger partial charge < -0.3 is 4.74 Å². The van der Waals surface area contributed by atoms with Gasteiger partial charge in [-0.05, 0) is 19.1 Å². The third-order valence-corrected chi connectivity index (χ3v) is 3.24. The molecule has 0 spiro atoms. The molecule has 0 aromatic carbocycles. The molecular weight excluding hydrogens is 414 g/mol. The van der Waals surface area contributed by atoms with Crippen molar-refractivity contribution in [2.75, 3.05) is 12.0 Å². The number of carbonyl (C=O) groups excluding carboxylic acids is 2. The molecule has 0 saturated carbocycles. The largest absolute Gasteiger partial charge is 0.462 e. The van der Waals surface area contributed by atoms with Crippen LogP contribution >= 0.6 is 23.2 Å². The summed E-state index contributed by atoms with van der Waals surface area (Å²) in [5.41, 5.74) is 3.79. The van der Waals surface area contributed by atoms with E-state index in [1.54, 1.807) is 0 Å². The number of hydrogen-bond donors (Lipinski definition) is 2. The van der Waals surface area contributed by atoms with E-state index in [1.807, 2.05) is 0 Å². The lowest BCUT2D eigenvalue weighted by molar-refractivity contribution is -0.144. The van der Waals surface area contributed by atoms with Crippen LogP contribution in [0, 0.1) is 0 Å². The monoisotopic (exact) mass is 423 g/mol. The summed E-state index contributed by atoms with van der Waals surface area (Å²) in [4.78, 5) is 33.9. The van der Waals surface area contributed by atoms with Crippen molar-refractivity contribution < 1.29 is 27.5 Å². The number of amides is 1. The molecule has 0 aliphatic rings. The van der Waals surface area contributed by atoms with Gasteiger partial charge in [-0.25, -0.2) is 19.7 Å². The number of rotatable bonds is 5. The van der Waals surface area contributed by atoms with Crippen LogP contribution in [0.1, 0.15) is 33.5 Å². The predicted molar refractivity (Wildman–Crippen MR) is 88.3 cm³/mol. The summed E-state index contributed by atoms with van der Waals surface area (Å²) >= 11 is 11.4. The van der Waals surface area contributed by atoms with Gasteiger partial charge in [0.25, 0.3) is 5.91 Å². The lowest BCUT2D eigenvalue weighted by Crippen LogP contribution is -2.31. The Bertz CT molecular complexity index is 859. The fourth-order valence-electron chi connectivity index (χ4n) is 1.76. The number of halogens is 5. The Morgan fingerprint density at radius 2 is 1.81 bits per heavy atom. The fraction of sp³-hybridized carbons (Fsp3) is 0.214. The molecular formula is C14H10Cl2F3N5O3. The van der Waals surface area contributed by atoms with Gasteiger partial charge in [0.1, 0.15) is 15.9 Å². The van der Waals surface area contributed by atoms with Crippen LogP contribution in [0.3, 0.4) is 0 Å². The highest BCUT2D eigenvalue weighted by molar-refractivity contribution is 6.33. The number of hydrogen-bond acceptors (Lipinski definition) is 7. The molecule has 0 unspecified atom stereocenters. The number of carbonyl (C=O) groups is 2. The minimum absolute atomic E-state index is 0.0281. The molecule has 2 aromatic heterocycles. The lowest BCUT2D eigenvalue weighted by Gasteiger charge is -2.13. The van der Waals surface area contributed by atoms with Crippen molar-refractivity contribution in [1.82, 2.24) is 20.4 Å². The van der Waals surface area contributed by atoms with E-state index < -0.39 is 35.3 Å². The van der Waals surface area contributed by atoms with Crippen molar-refractivity contribution in [2.45, 2.75) is 13.1 Å². The Hall–Kier alpha value is -2.66. The third-order valence-electron chi connectivity index (χ3n) is 2.86. The maximum absolute atomic E-state index is 12.8. The third kappa shape index (κ3) is 5.41. The van der Waals surface area contributed by atoms with E-state index >= 15 is 0 Å². The molecule has 0 radical (unpaired) electrons. The van der Waals surface area contributed by atoms with E-state index in [9.17, 15) is 22.8 Å². The standard InChI is InChI=1S/C14H10Cl2F3N5O3/c1-2-27-12(26)7-5-20-13(14(17,18)19)22-10(7)23-24-11(25)6-3-8(15)21-9(16)4-6/h3-5H,2H2,1H3,(H,24,25)(H,20,22,23). The summed E-state index contributed by atoms with van der Waals surface area (Å²) in [6.45, 7) is 1.48. The van der Waals surface area contributed by atoms with Gasteiger partial charge in [0.15, 0.2) is 5.82 Å². The number of nitrogens with zero attached hydrogens (tertiary/aromatic N) is 3. The second kappa shape index (κ2) is 8.35. The van der Waals surface area contributed by atoms with E-state index in [4.69, 9.17) is 27.9 Å². The zero-order valence-electron chi connectivity index (χ0n) is 13.4. The molecule has 1 amide bonds. The molecule has 0 fully saturated rings. The van der Waals surface area contributed by atoms with Crippen molar-refractivity contribution in [3.05, 3.63) is 45.6 Å². The molecule has 144 valence electrons. The Kier molecular flexibility index (Phi) is 6.39. The quantitative estimate of drug-likeness (QED) is 0.432. The smallest absolute Gasteiger partial charge is 0.451 e. The summed E-state index contributed by atoms with van der Waals surface area (Å²) in [7, 11) is 0. The van der Waals surface area contributed by atoms with Crippen molar-refractivity contribution in [3.8, 4) is 0 Å². The zero-order chi connectivity index (χ0) is 20.2. The average molecular weight is 424 g/mol. The molecule has 2 aromatic rings. The topological polar surface area (TPSA) is 106 Å². The first-order valence-corrected chi connectivity index (χ1v) is 7.88. The summed E-state index contributed by atoms with van der Waals surface area (Å²) in [5, 5.41) is -0.137. The zero-order valence-corrected chi connectivity index (χ0v) is 14.9. The van der Waals surface area contributed by atoms with Crippen molar-refractivity contribution >= 4 is 40.9 Å². The lowest BCUT2D eigenvalue weighted by atomic mass is 10.2.